The third-order valence-electron chi connectivity index (χ3n) is 1.26. The van der Waals surface area contributed by atoms with E-state index in [1.807, 2.05) is 30.3 Å². The van der Waals surface area contributed by atoms with Crippen molar-refractivity contribution in [1.29, 1.82) is 0 Å². The summed E-state index contributed by atoms with van der Waals surface area (Å²) in [4.78, 5) is 14.0. The Hall–Kier alpha value is -1.64. The molecule has 0 unspecified atom stereocenters. The molecular weight excluding hydrogens is 154 g/mol. The summed E-state index contributed by atoms with van der Waals surface area (Å²) in [6.45, 7) is 0. The van der Waals surface area contributed by atoms with Crippen LogP contribution in [0.2, 0.25) is 0 Å². The first-order valence-electron chi connectivity index (χ1n) is 3.58. The highest BCUT2D eigenvalue weighted by Crippen LogP contribution is 2.08. The predicted molar refractivity (Wildman–Crippen MR) is 46.8 cm³/mol. The fourth-order valence-corrected chi connectivity index (χ4v) is 0.743. The average Bonchev–Trinajstić information content (AvgIpc) is 2.05. The normalized spacial score (nSPS) is 10.3. The van der Waals surface area contributed by atoms with Crippen molar-refractivity contribution in [3.8, 4) is 0 Å². The van der Waals surface area contributed by atoms with Crippen molar-refractivity contribution >= 4 is 17.9 Å². The Morgan fingerprint density at radius 2 is 2.08 bits per heavy atom. The third-order valence-corrected chi connectivity index (χ3v) is 1.26. The number of nitrogens with zero attached hydrogens (tertiary/aromatic N) is 1. The molecule has 0 atom stereocenters. The topological polar surface area (TPSA) is 49.7 Å². The molecule has 0 saturated carbocycles. The number of hydrogen-bond donors (Lipinski definition) is 1. The predicted octanol–water partition coefficient (Wildman–Crippen LogP) is 1.86. The molecule has 0 spiro atoms. The SMILES string of the molecule is O=C(O)CC=Nc1ccccc1. The van der Waals surface area contributed by atoms with Crippen LogP contribution in [0.4, 0.5) is 5.69 Å². The molecule has 12 heavy (non-hydrogen) atoms. The summed E-state index contributed by atoms with van der Waals surface area (Å²) in [5.41, 5.74) is 0.777. The van der Waals surface area contributed by atoms with Crippen LogP contribution < -0.4 is 0 Å². The van der Waals surface area contributed by atoms with Gasteiger partial charge in [-0.15, -0.1) is 0 Å². The second-order valence-electron chi connectivity index (χ2n) is 2.25. The number of aliphatic imine (C=N–C) groups is 1. The molecule has 0 aliphatic rings. The Labute approximate surface area is 70.4 Å². The zero-order valence-electron chi connectivity index (χ0n) is 6.47. The van der Waals surface area contributed by atoms with Crippen LogP contribution in [0, 0.1) is 0 Å². The smallest absolute Gasteiger partial charge is 0.308 e. The molecule has 62 valence electrons. The summed E-state index contributed by atoms with van der Waals surface area (Å²) in [5.74, 6) is -0.866. The number of carboxylic acids is 1. The van der Waals surface area contributed by atoms with Gasteiger partial charge in [0.15, 0.2) is 0 Å². The summed E-state index contributed by atoms with van der Waals surface area (Å²) < 4.78 is 0. The third kappa shape index (κ3) is 2.96. The molecule has 3 nitrogen and oxygen atoms in total. The van der Waals surface area contributed by atoms with E-state index in [2.05, 4.69) is 4.99 Å². The van der Waals surface area contributed by atoms with Gasteiger partial charge in [-0.1, -0.05) is 18.2 Å². The molecule has 3 heteroatoms. The van der Waals surface area contributed by atoms with Gasteiger partial charge in [0.1, 0.15) is 0 Å². The van der Waals surface area contributed by atoms with Gasteiger partial charge in [0.2, 0.25) is 0 Å². The average molecular weight is 163 g/mol. The molecule has 0 heterocycles. The van der Waals surface area contributed by atoms with Crippen LogP contribution in [0.1, 0.15) is 6.42 Å². The zero-order chi connectivity index (χ0) is 8.81. The molecule has 0 fully saturated rings. The lowest BCUT2D eigenvalue weighted by Crippen LogP contribution is -1.93. The minimum absolute atomic E-state index is 0.0328. The summed E-state index contributed by atoms with van der Waals surface area (Å²) >= 11 is 0. The second kappa shape index (κ2) is 4.28. The summed E-state index contributed by atoms with van der Waals surface area (Å²) in [6, 6.07) is 9.23. The van der Waals surface area contributed by atoms with Crippen LogP contribution in [-0.2, 0) is 4.79 Å². The van der Waals surface area contributed by atoms with E-state index in [0.717, 1.165) is 5.69 Å². The van der Waals surface area contributed by atoms with Crippen molar-refractivity contribution in [2.75, 3.05) is 0 Å². The van der Waals surface area contributed by atoms with Gasteiger partial charge in [0.25, 0.3) is 0 Å². The Bertz CT molecular complexity index is 280. The molecule has 0 amide bonds. The lowest BCUT2D eigenvalue weighted by atomic mass is 10.3. The molecule has 0 bridgehead atoms. The lowest BCUT2D eigenvalue weighted by molar-refractivity contribution is -0.135. The Morgan fingerprint density at radius 3 is 2.67 bits per heavy atom. The second-order valence-corrected chi connectivity index (χ2v) is 2.25. The minimum atomic E-state index is -0.866. The first-order chi connectivity index (χ1) is 5.79. The largest absolute Gasteiger partial charge is 0.481 e. The van der Waals surface area contributed by atoms with Gasteiger partial charge in [-0.05, 0) is 12.1 Å². The monoisotopic (exact) mass is 163 g/mol. The van der Waals surface area contributed by atoms with Gasteiger partial charge in [0.05, 0.1) is 12.1 Å². The number of carbonyl (C=O) groups is 1. The van der Waals surface area contributed by atoms with Gasteiger partial charge in [-0.2, -0.15) is 0 Å². The number of para-hydroxylation sites is 1. The molecule has 1 aromatic carbocycles. The van der Waals surface area contributed by atoms with E-state index in [0.29, 0.717) is 0 Å². The van der Waals surface area contributed by atoms with Gasteiger partial charge >= 0.3 is 5.97 Å². The number of benzene rings is 1. The molecule has 1 N–H and O–H groups in total. The van der Waals surface area contributed by atoms with E-state index < -0.39 is 5.97 Å². The van der Waals surface area contributed by atoms with Crippen LogP contribution in [0.5, 0.6) is 0 Å². The highest BCUT2D eigenvalue weighted by molar-refractivity contribution is 5.85. The van der Waals surface area contributed by atoms with E-state index in [9.17, 15) is 4.79 Å². The Balaban J connectivity index is 2.52. The zero-order valence-corrected chi connectivity index (χ0v) is 6.47. The summed E-state index contributed by atoms with van der Waals surface area (Å²) in [5, 5.41) is 8.30. The molecule has 0 aromatic heterocycles. The number of carboxylic acid groups (broad SMARTS) is 1. The van der Waals surface area contributed by atoms with Crippen LogP contribution in [0.15, 0.2) is 35.3 Å². The van der Waals surface area contributed by atoms with Crippen molar-refractivity contribution in [2.45, 2.75) is 6.42 Å². The van der Waals surface area contributed by atoms with Gasteiger partial charge in [-0.3, -0.25) is 9.79 Å². The van der Waals surface area contributed by atoms with Crippen LogP contribution in [0.3, 0.4) is 0 Å². The quantitative estimate of drug-likeness (QED) is 0.691. The fourth-order valence-electron chi connectivity index (χ4n) is 0.743. The van der Waals surface area contributed by atoms with Gasteiger partial charge in [0, 0.05) is 6.21 Å². The first-order valence-corrected chi connectivity index (χ1v) is 3.58. The molecule has 0 aliphatic heterocycles. The van der Waals surface area contributed by atoms with E-state index in [4.69, 9.17) is 5.11 Å². The maximum absolute atomic E-state index is 10.1. The van der Waals surface area contributed by atoms with E-state index >= 15 is 0 Å². The van der Waals surface area contributed by atoms with Crippen molar-refractivity contribution in [2.24, 2.45) is 4.99 Å². The summed E-state index contributed by atoms with van der Waals surface area (Å²) in [6.07, 6.45) is 1.35. The maximum atomic E-state index is 10.1. The Morgan fingerprint density at radius 1 is 1.42 bits per heavy atom. The van der Waals surface area contributed by atoms with Crippen molar-refractivity contribution < 1.29 is 9.90 Å². The number of hydrogen-bond acceptors (Lipinski definition) is 2. The van der Waals surface area contributed by atoms with Crippen LogP contribution >= 0.6 is 0 Å². The molecule has 1 rings (SSSR count). The van der Waals surface area contributed by atoms with Crippen molar-refractivity contribution in [3.63, 3.8) is 0 Å². The number of aliphatic carboxylic acids is 1. The lowest BCUT2D eigenvalue weighted by Gasteiger charge is -1.89. The van der Waals surface area contributed by atoms with Crippen LogP contribution in [0.25, 0.3) is 0 Å². The highest BCUT2D eigenvalue weighted by atomic mass is 16.4. The number of rotatable bonds is 3. The van der Waals surface area contributed by atoms with Gasteiger partial charge < -0.3 is 5.11 Å². The van der Waals surface area contributed by atoms with E-state index in [1.54, 1.807) is 0 Å². The fraction of sp³-hybridized carbons (Fsp3) is 0.111. The van der Waals surface area contributed by atoms with Crippen molar-refractivity contribution in [1.82, 2.24) is 0 Å². The van der Waals surface area contributed by atoms with E-state index in [-0.39, 0.29) is 6.42 Å². The maximum Gasteiger partial charge on any atom is 0.308 e. The molecule has 0 radical (unpaired) electrons. The minimum Gasteiger partial charge on any atom is -0.481 e. The van der Waals surface area contributed by atoms with Crippen molar-refractivity contribution in [3.05, 3.63) is 30.3 Å². The standard InChI is InChI=1S/C9H9NO2/c11-9(12)6-7-10-8-4-2-1-3-5-8/h1-5,7H,6H2,(H,11,12). The molecule has 0 aliphatic carbocycles. The Kier molecular flexibility index (Phi) is 3.02. The van der Waals surface area contributed by atoms with Crippen LogP contribution in [-0.4, -0.2) is 17.3 Å². The first kappa shape index (κ1) is 8.46. The summed E-state index contributed by atoms with van der Waals surface area (Å²) in [7, 11) is 0. The van der Waals surface area contributed by atoms with Gasteiger partial charge in [-0.25, -0.2) is 0 Å². The highest BCUT2D eigenvalue weighted by Gasteiger charge is 1.90. The van der Waals surface area contributed by atoms with E-state index in [1.165, 1.54) is 6.21 Å². The molecule has 0 saturated heterocycles. The molecule has 1 aromatic rings. The molecular formula is C9H9NO2.